The SMILES string of the molecule is COC(CCOC(=O)C(C)(C)C)OC. The molecule has 0 saturated heterocycles. The van der Waals surface area contributed by atoms with Gasteiger partial charge in [0.25, 0.3) is 0 Å². The highest BCUT2D eigenvalue weighted by Gasteiger charge is 2.23. The summed E-state index contributed by atoms with van der Waals surface area (Å²) in [4.78, 5) is 11.3. The molecule has 4 heteroatoms. The predicted molar refractivity (Wildman–Crippen MR) is 52.8 cm³/mol. The highest BCUT2D eigenvalue weighted by atomic mass is 16.7. The summed E-state index contributed by atoms with van der Waals surface area (Å²) in [6.45, 7) is 5.78. The molecule has 0 saturated carbocycles. The van der Waals surface area contributed by atoms with E-state index in [4.69, 9.17) is 14.2 Å². The van der Waals surface area contributed by atoms with E-state index in [0.29, 0.717) is 13.0 Å². The Morgan fingerprint density at radius 3 is 2.07 bits per heavy atom. The number of rotatable bonds is 5. The molecular formula is C10H20O4. The molecular weight excluding hydrogens is 184 g/mol. The van der Waals surface area contributed by atoms with Gasteiger partial charge in [0.05, 0.1) is 12.0 Å². The second-order valence-corrected chi connectivity index (χ2v) is 4.08. The van der Waals surface area contributed by atoms with Crippen molar-refractivity contribution in [2.24, 2.45) is 5.41 Å². The summed E-state index contributed by atoms with van der Waals surface area (Å²) in [7, 11) is 3.11. The maximum atomic E-state index is 11.3. The van der Waals surface area contributed by atoms with Crippen LogP contribution in [0, 0.1) is 5.41 Å². The molecule has 0 spiro atoms. The third-order valence-corrected chi connectivity index (χ3v) is 1.72. The number of esters is 1. The van der Waals surface area contributed by atoms with E-state index in [1.165, 1.54) is 0 Å². The van der Waals surface area contributed by atoms with Crippen LogP contribution in [0.5, 0.6) is 0 Å². The van der Waals surface area contributed by atoms with E-state index in [1.54, 1.807) is 14.2 Å². The van der Waals surface area contributed by atoms with Gasteiger partial charge in [-0.15, -0.1) is 0 Å². The largest absolute Gasteiger partial charge is 0.465 e. The Kier molecular flexibility index (Phi) is 5.72. The minimum absolute atomic E-state index is 0.205. The van der Waals surface area contributed by atoms with Gasteiger partial charge in [-0.25, -0.2) is 0 Å². The van der Waals surface area contributed by atoms with E-state index in [2.05, 4.69) is 0 Å². The Bertz CT molecular complexity index is 167. The van der Waals surface area contributed by atoms with Crippen molar-refractivity contribution in [2.45, 2.75) is 33.5 Å². The van der Waals surface area contributed by atoms with Gasteiger partial charge in [-0.2, -0.15) is 0 Å². The van der Waals surface area contributed by atoms with Crippen LogP contribution in [0.1, 0.15) is 27.2 Å². The second kappa shape index (κ2) is 5.98. The Hall–Kier alpha value is -0.610. The first kappa shape index (κ1) is 13.4. The minimum atomic E-state index is -0.449. The number of carbonyl (C=O) groups is 1. The van der Waals surface area contributed by atoms with Crippen LogP contribution in [0.3, 0.4) is 0 Å². The highest BCUT2D eigenvalue weighted by molar-refractivity contribution is 5.75. The van der Waals surface area contributed by atoms with Crippen LogP contribution in [0.15, 0.2) is 0 Å². The van der Waals surface area contributed by atoms with Crippen LogP contribution in [0.25, 0.3) is 0 Å². The standard InChI is InChI=1S/C10H20O4/c1-10(2,3)9(11)14-7-6-8(12-4)13-5/h8H,6-7H2,1-5H3. The molecule has 0 radical (unpaired) electrons. The Labute approximate surface area is 85.5 Å². The van der Waals surface area contributed by atoms with Crippen molar-refractivity contribution in [3.05, 3.63) is 0 Å². The van der Waals surface area contributed by atoms with Crippen molar-refractivity contribution in [1.82, 2.24) is 0 Å². The summed E-state index contributed by atoms with van der Waals surface area (Å²) >= 11 is 0. The average Bonchev–Trinajstić information content (AvgIpc) is 2.10. The van der Waals surface area contributed by atoms with E-state index in [1.807, 2.05) is 20.8 Å². The number of carbonyl (C=O) groups excluding carboxylic acids is 1. The maximum absolute atomic E-state index is 11.3. The zero-order valence-corrected chi connectivity index (χ0v) is 9.62. The van der Waals surface area contributed by atoms with E-state index in [9.17, 15) is 4.79 Å². The van der Waals surface area contributed by atoms with Crippen LogP contribution in [-0.2, 0) is 19.0 Å². The quantitative estimate of drug-likeness (QED) is 0.504. The Morgan fingerprint density at radius 2 is 1.71 bits per heavy atom. The Morgan fingerprint density at radius 1 is 1.21 bits per heavy atom. The van der Waals surface area contributed by atoms with Crippen molar-refractivity contribution < 1.29 is 19.0 Å². The first-order valence-corrected chi connectivity index (χ1v) is 4.64. The second-order valence-electron chi connectivity index (χ2n) is 4.08. The van der Waals surface area contributed by atoms with Crippen molar-refractivity contribution >= 4 is 5.97 Å². The third kappa shape index (κ3) is 5.19. The van der Waals surface area contributed by atoms with Crippen LogP contribution >= 0.6 is 0 Å². The van der Waals surface area contributed by atoms with Crippen LogP contribution in [0.4, 0.5) is 0 Å². The van der Waals surface area contributed by atoms with Gasteiger partial charge in [0, 0.05) is 20.6 Å². The smallest absolute Gasteiger partial charge is 0.311 e. The zero-order chi connectivity index (χ0) is 11.2. The number of hydrogen-bond donors (Lipinski definition) is 0. The molecule has 0 aromatic rings. The van der Waals surface area contributed by atoms with Crippen LogP contribution in [0.2, 0.25) is 0 Å². The lowest BCUT2D eigenvalue weighted by Gasteiger charge is -2.18. The molecule has 0 atom stereocenters. The molecule has 84 valence electrons. The van der Waals surface area contributed by atoms with Crippen molar-refractivity contribution in [3.8, 4) is 0 Å². The molecule has 14 heavy (non-hydrogen) atoms. The number of methoxy groups -OCH3 is 2. The topological polar surface area (TPSA) is 44.8 Å². The van der Waals surface area contributed by atoms with E-state index < -0.39 is 5.41 Å². The summed E-state index contributed by atoms with van der Waals surface area (Å²) in [6.07, 6.45) is 0.247. The van der Waals surface area contributed by atoms with Crippen molar-refractivity contribution in [1.29, 1.82) is 0 Å². The summed E-state index contributed by atoms with van der Waals surface area (Å²) in [5.74, 6) is -0.205. The molecule has 0 heterocycles. The van der Waals surface area contributed by atoms with Crippen LogP contribution < -0.4 is 0 Å². The normalized spacial score (nSPS) is 11.9. The van der Waals surface area contributed by atoms with E-state index in [-0.39, 0.29) is 12.3 Å². The summed E-state index contributed by atoms with van der Waals surface area (Å²) < 4.78 is 14.9. The van der Waals surface area contributed by atoms with E-state index >= 15 is 0 Å². The fourth-order valence-corrected chi connectivity index (χ4v) is 0.796. The van der Waals surface area contributed by atoms with Gasteiger partial charge in [0.1, 0.15) is 0 Å². The predicted octanol–water partition coefficient (Wildman–Crippen LogP) is 1.58. The van der Waals surface area contributed by atoms with E-state index in [0.717, 1.165) is 0 Å². The fourth-order valence-electron chi connectivity index (χ4n) is 0.796. The van der Waals surface area contributed by atoms with Gasteiger partial charge < -0.3 is 14.2 Å². The lowest BCUT2D eigenvalue weighted by Crippen LogP contribution is -2.25. The van der Waals surface area contributed by atoms with Gasteiger partial charge in [-0.05, 0) is 20.8 Å². The Balaban J connectivity index is 3.69. The molecule has 0 aromatic carbocycles. The van der Waals surface area contributed by atoms with Crippen LogP contribution in [-0.4, -0.2) is 33.1 Å². The molecule has 0 fully saturated rings. The summed E-state index contributed by atoms with van der Waals surface area (Å²) in [6, 6.07) is 0. The lowest BCUT2D eigenvalue weighted by atomic mass is 9.97. The lowest BCUT2D eigenvalue weighted by molar-refractivity contribution is -0.158. The molecule has 0 aliphatic heterocycles. The molecule has 0 bridgehead atoms. The van der Waals surface area contributed by atoms with Gasteiger partial charge in [-0.3, -0.25) is 4.79 Å². The molecule has 0 amide bonds. The number of hydrogen-bond acceptors (Lipinski definition) is 4. The maximum Gasteiger partial charge on any atom is 0.311 e. The molecule has 0 rings (SSSR count). The van der Waals surface area contributed by atoms with Crippen molar-refractivity contribution in [2.75, 3.05) is 20.8 Å². The molecule has 4 nitrogen and oxygen atoms in total. The summed E-state index contributed by atoms with van der Waals surface area (Å²) in [5, 5.41) is 0. The third-order valence-electron chi connectivity index (χ3n) is 1.72. The van der Waals surface area contributed by atoms with Gasteiger partial charge in [0.2, 0.25) is 0 Å². The van der Waals surface area contributed by atoms with Gasteiger partial charge in [-0.1, -0.05) is 0 Å². The molecule has 0 aromatic heterocycles. The molecule has 0 aliphatic carbocycles. The number of ether oxygens (including phenoxy) is 3. The first-order chi connectivity index (χ1) is 6.41. The summed E-state index contributed by atoms with van der Waals surface area (Å²) in [5.41, 5.74) is -0.449. The minimum Gasteiger partial charge on any atom is -0.465 e. The first-order valence-electron chi connectivity index (χ1n) is 4.64. The monoisotopic (exact) mass is 204 g/mol. The molecule has 0 aliphatic rings. The molecule has 0 unspecified atom stereocenters. The fraction of sp³-hybridized carbons (Fsp3) is 0.900. The molecule has 0 N–H and O–H groups in total. The average molecular weight is 204 g/mol. The van der Waals surface area contributed by atoms with Gasteiger partial charge in [0.15, 0.2) is 6.29 Å². The zero-order valence-electron chi connectivity index (χ0n) is 9.62. The highest BCUT2D eigenvalue weighted by Crippen LogP contribution is 2.15. The van der Waals surface area contributed by atoms with Crippen molar-refractivity contribution in [3.63, 3.8) is 0 Å². The van der Waals surface area contributed by atoms with Gasteiger partial charge >= 0.3 is 5.97 Å².